The summed E-state index contributed by atoms with van der Waals surface area (Å²) in [6.45, 7) is 2.06. The van der Waals surface area contributed by atoms with Crippen molar-refractivity contribution in [2.24, 2.45) is 0 Å². The summed E-state index contributed by atoms with van der Waals surface area (Å²) in [7, 11) is 0. The van der Waals surface area contributed by atoms with Crippen LogP contribution in [0.1, 0.15) is 23.0 Å². The molecule has 0 aliphatic carbocycles. The number of hydrogen-bond donors (Lipinski definition) is 0. The van der Waals surface area contributed by atoms with E-state index in [9.17, 15) is 4.79 Å². The molecule has 2 aromatic heterocycles. The third-order valence-electron chi connectivity index (χ3n) is 2.21. The molecule has 2 rings (SSSR count). The fourth-order valence-electron chi connectivity index (χ4n) is 1.40. The van der Waals surface area contributed by atoms with E-state index in [4.69, 9.17) is 0 Å². The van der Waals surface area contributed by atoms with E-state index in [1.54, 1.807) is 29.2 Å². The van der Waals surface area contributed by atoms with Gasteiger partial charge in [-0.15, -0.1) is 0 Å². The van der Waals surface area contributed by atoms with E-state index in [0.717, 1.165) is 24.2 Å². The lowest BCUT2D eigenvalue weighted by molar-refractivity contribution is 0.112. The van der Waals surface area contributed by atoms with Gasteiger partial charge in [-0.3, -0.25) is 4.79 Å². The SMILES string of the molecule is CCc1ccnn1-c1ccc(C=O)cn1. The number of aldehydes is 1. The summed E-state index contributed by atoms with van der Waals surface area (Å²) in [4.78, 5) is 14.6. The van der Waals surface area contributed by atoms with Crippen LogP contribution in [0, 0.1) is 0 Å². The molecule has 15 heavy (non-hydrogen) atoms. The van der Waals surface area contributed by atoms with E-state index in [1.165, 1.54) is 0 Å². The van der Waals surface area contributed by atoms with Crippen LogP contribution < -0.4 is 0 Å². The maximum absolute atomic E-state index is 10.5. The van der Waals surface area contributed by atoms with Gasteiger partial charge >= 0.3 is 0 Å². The first-order chi connectivity index (χ1) is 7.35. The van der Waals surface area contributed by atoms with Crippen molar-refractivity contribution in [1.29, 1.82) is 0 Å². The normalized spacial score (nSPS) is 10.2. The fraction of sp³-hybridized carbons (Fsp3) is 0.182. The Bertz CT molecular complexity index is 459. The second-order valence-electron chi connectivity index (χ2n) is 3.16. The van der Waals surface area contributed by atoms with Crippen molar-refractivity contribution < 1.29 is 4.79 Å². The Labute approximate surface area is 87.6 Å². The molecule has 2 heterocycles. The molecule has 0 saturated heterocycles. The third-order valence-corrected chi connectivity index (χ3v) is 2.21. The summed E-state index contributed by atoms with van der Waals surface area (Å²) in [5.74, 6) is 0.738. The molecule has 0 unspecified atom stereocenters. The number of carbonyl (C=O) groups is 1. The van der Waals surface area contributed by atoms with Crippen LogP contribution in [0.2, 0.25) is 0 Å². The average molecular weight is 201 g/mol. The zero-order valence-electron chi connectivity index (χ0n) is 8.42. The van der Waals surface area contributed by atoms with Crippen molar-refractivity contribution in [3.05, 3.63) is 41.9 Å². The molecular formula is C11H11N3O. The van der Waals surface area contributed by atoms with Crippen LogP contribution >= 0.6 is 0 Å². The Morgan fingerprint density at radius 2 is 2.27 bits per heavy atom. The quantitative estimate of drug-likeness (QED) is 0.709. The summed E-state index contributed by atoms with van der Waals surface area (Å²) in [5, 5.41) is 4.18. The number of aryl methyl sites for hydroxylation is 1. The van der Waals surface area contributed by atoms with Gasteiger partial charge in [0.2, 0.25) is 0 Å². The molecule has 0 fully saturated rings. The van der Waals surface area contributed by atoms with E-state index in [2.05, 4.69) is 17.0 Å². The van der Waals surface area contributed by atoms with Gasteiger partial charge in [-0.2, -0.15) is 5.10 Å². The van der Waals surface area contributed by atoms with E-state index >= 15 is 0 Å². The first kappa shape index (κ1) is 9.58. The summed E-state index contributed by atoms with van der Waals surface area (Å²) in [6.07, 6.45) is 4.97. The van der Waals surface area contributed by atoms with Crippen molar-refractivity contribution >= 4 is 6.29 Å². The first-order valence-electron chi connectivity index (χ1n) is 4.79. The minimum absolute atomic E-state index is 0.573. The molecule has 4 nitrogen and oxygen atoms in total. The smallest absolute Gasteiger partial charge is 0.153 e. The fourth-order valence-corrected chi connectivity index (χ4v) is 1.40. The van der Waals surface area contributed by atoms with Crippen LogP contribution in [0.3, 0.4) is 0 Å². The van der Waals surface area contributed by atoms with Crippen LogP contribution in [-0.2, 0) is 6.42 Å². The lowest BCUT2D eigenvalue weighted by Gasteiger charge is -2.04. The summed E-state index contributed by atoms with van der Waals surface area (Å²) in [6, 6.07) is 5.47. The Balaban J connectivity index is 2.41. The van der Waals surface area contributed by atoms with Gasteiger partial charge in [-0.25, -0.2) is 9.67 Å². The molecule has 0 spiro atoms. The molecule has 2 aromatic rings. The van der Waals surface area contributed by atoms with Crippen LogP contribution in [0.4, 0.5) is 0 Å². The van der Waals surface area contributed by atoms with Crippen LogP contribution in [-0.4, -0.2) is 21.1 Å². The Morgan fingerprint density at radius 3 is 2.87 bits per heavy atom. The summed E-state index contributed by atoms with van der Waals surface area (Å²) >= 11 is 0. The monoisotopic (exact) mass is 201 g/mol. The van der Waals surface area contributed by atoms with Gasteiger partial charge in [0.05, 0.1) is 0 Å². The highest BCUT2D eigenvalue weighted by Gasteiger charge is 2.03. The first-order valence-corrected chi connectivity index (χ1v) is 4.79. The van der Waals surface area contributed by atoms with Gasteiger partial charge in [-0.1, -0.05) is 6.92 Å². The maximum Gasteiger partial charge on any atom is 0.153 e. The zero-order chi connectivity index (χ0) is 10.7. The van der Waals surface area contributed by atoms with Crippen molar-refractivity contribution in [2.45, 2.75) is 13.3 Å². The standard InChI is InChI=1S/C11H11N3O/c1-2-10-5-6-13-14(10)11-4-3-9(8-15)7-12-11/h3-8H,2H2,1H3. The molecule has 4 heteroatoms. The molecular weight excluding hydrogens is 190 g/mol. The molecule has 0 saturated carbocycles. The molecule has 0 aliphatic rings. The number of aromatic nitrogens is 3. The molecule has 0 aromatic carbocycles. The minimum Gasteiger partial charge on any atom is -0.298 e. The number of hydrogen-bond acceptors (Lipinski definition) is 3. The molecule has 0 atom stereocenters. The molecule has 76 valence electrons. The van der Waals surface area contributed by atoms with E-state index < -0.39 is 0 Å². The Kier molecular flexibility index (Phi) is 2.58. The lowest BCUT2D eigenvalue weighted by atomic mass is 10.3. The number of carbonyl (C=O) groups excluding carboxylic acids is 1. The molecule has 0 N–H and O–H groups in total. The van der Waals surface area contributed by atoms with Crippen LogP contribution in [0.5, 0.6) is 0 Å². The summed E-state index contributed by atoms with van der Waals surface area (Å²) in [5.41, 5.74) is 1.67. The van der Waals surface area contributed by atoms with E-state index in [0.29, 0.717) is 5.56 Å². The Morgan fingerprint density at radius 1 is 1.40 bits per heavy atom. The minimum atomic E-state index is 0.573. The van der Waals surface area contributed by atoms with Gasteiger partial charge in [-0.05, 0) is 24.6 Å². The second-order valence-corrected chi connectivity index (χ2v) is 3.16. The highest BCUT2D eigenvalue weighted by molar-refractivity contribution is 5.74. The molecule has 0 radical (unpaired) electrons. The van der Waals surface area contributed by atoms with Gasteiger partial charge in [0.15, 0.2) is 12.1 Å². The van der Waals surface area contributed by atoms with Crippen molar-refractivity contribution in [3.63, 3.8) is 0 Å². The van der Waals surface area contributed by atoms with Crippen molar-refractivity contribution in [2.75, 3.05) is 0 Å². The van der Waals surface area contributed by atoms with E-state index in [1.807, 2.05) is 6.07 Å². The maximum atomic E-state index is 10.5. The topological polar surface area (TPSA) is 47.8 Å². The lowest BCUT2D eigenvalue weighted by Crippen LogP contribution is -2.03. The average Bonchev–Trinajstić information content (AvgIpc) is 2.77. The summed E-state index contributed by atoms with van der Waals surface area (Å²) < 4.78 is 1.77. The van der Waals surface area contributed by atoms with Gasteiger partial charge < -0.3 is 0 Å². The third kappa shape index (κ3) is 1.79. The highest BCUT2D eigenvalue weighted by atomic mass is 16.1. The largest absolute Gasteiger partial charge is 0.298 e. The number of pyridine rings is 1. The predicted octanol–water partition coefficient (Wildman–Crippen LogP) is 1.64. The van der Waals surface area contributed by atoms with Gasteiger partial charge in [0, 0.05) is 23.7 Å². The highest BCUT2D eigenvalue weighted by Crippen LogP contribution is 2.08. The predicted molar refractivity (Wildman–Crippen MR) is 56.1 cm³/mol. The molecule has 0 aliphatic heterocycles. The van der Waals surface area contributed by atoms with Crippen LogP contribution in [0.15, 0.2) is 30.6 Å². The zero-order valence-corrected chi connectivity index (χ0v) is 8.42. The van der Waals surface area contributed by atoms with Crippen molar-refractivity contribution in [3.8, 4) is 5.82 Å². The van der Waals surface area contributed by atoms with Gasteiger partial charge in [0.1, 0.15) is 0 Å². The molecule has 0 bridgehead atoms. The van der Waals surface area contributed by atoms with Crippen molar-refractivity contribution in [1.82, 2.24) is 14.8 Å². The number of rotatable bonds is 3. The molecule has 0 amide bonds. The van der Waals surface area contributed by atoms with Gasteiger partial charge in [0.25, 0.3) is 0 Å². The van der Waals surface area contributed by atoms with E-state index in [-0.39, 0.29) is 0 Å². The number of nitrogens with zero attached hydrogens (tertiary/aromatic N) is 3. The Hall–Kier alpha value is -1.97. The second kappa shape index (κ2) is 4.04. The van der Waals surface area contributed by atoms with Crippen LogP contribution in [0.25, 0.3) is 5.82 Å².